The fourth-order valence-electron chi connectivity index (χ4n) is 3.53. The lowest BCUT2D eigenvalue weighted by molar-refractivity contribution is -0.149. The quantitative estimate of drug-likeness (QED) is 0.114. The van der Waals surface area contributed by atoms with Gasteiger partial charge < -0.3 is 9.47 Å². The van der Waals surface area contributed by atoms with Crippen LogP contribution in [0, 0.1) is 0 Å². The molecule has 0 aliphatic heterocycles. The van der Waals surface area contributed by atoms with Gasteiger partial charge in [-0.25, -0.2) is 0 Å². The van der Waals surface area contributed by atoms with E-state index in [1.54, 1.807) is 0 Å². The van der Waals surface area contributed by atoms with Crippen LogP contribution in [0.5, 0.6) is 0 Å². The summed E-state index contributed by atoms with van der Waals surface area (Å²) in [4.78, 5) is 23.3. The highest BCUT2D eigenvalue weighted by Crippen LogP contribution is 2.12. The Morgan fingerprint density at radius 2 is 1.07 bits per heavy atom. The molecular weight excluding hydrogens is 376 g/mol. The van der Waals surface area contributed by atoms with Crippen LogP contribution in [-0.4, -0.2) is 24.1 Å². The van der Waals surface area contributed by atoms with Crippen molar-refractivity contribution in [3.63, 3.8) is 0 Å². The molecule has 176 valence electrons. The molecule has 0 N–H and O–H groups in total. The predicted octanol–water partition coefficient (Wildman–Crippen LogP) is 7.69. The normalized spacial score (nSPS) is 13.3. The van der Waals surface area contributed by atoms with Crippen molar-refractivity contribution in [1.29, 1.82) is 0 Å². The van der Waals surface area contributed by atoms with Gasteiger partial charge in [0.1, 0.15) is 0 Å². The zero-order valence-electron chi connectivity index (χ0n) is 20.3. The molecule has 30 heavy (non-hydrogen) atoms. The zero-order valence-corrected chi connectivity index (χ0v) is 20.3. The lowest BCUT2D eigenvalue weighted by atomic mass is 10.1. The van der Waals surface area contributed by atoms with Crippen LogP contribution in [0.3, 0.4) is 0 Å². The second-order valence-corrected chi connectivity index (χ2v) is 8.56. The first-order valence-electron chi connectivity index (χ1n) is 12.5. The van der Waals surface area contributed by atoms with Crippen LogP contribution in [0.15, 0.2) is 12.2 Å². The van der Waals surface area contributed by atoms with Crippen molar-refractivity contribution in [2.45, 2.75) is 143 Å². The third-order valence-corrected chi connectivity index (χ3v) is 5.24. The van der Waals surface area contributed by atoms with Crippen molar-refractivity contribution < 1.29 is 19.1 Å². The van der Waals surface area contributed by atoms with E-state index in [1.165, 1.54) is 38.5 Å². The Labute approximate surface area is 186 Å². The van der Waals surface area contributed by atoms with Crippen LogP contribution in [0.1, 0.15) is 130 Å². The molecule has 0 amide bonds. The molecule has 0 heterocycles. The minimum atomic E-state index is -0.0801. The molecule has 0 saturated heterocycles. The first kappa shape index (κ1) is 28.7. The molecule has 0 aromatic carbocycles. The second-order valence-electron chi connectivity index (χ2n) is 8.56. The summed E-state index contributed by atoms with van der Waals surface area (Å²) in [7, 11) is 0. The largest absolute Gasteiger partial charge is 0.463 e. The van der Waals surface area contributed by atoms with Gasteiger partial charge in [0.15, 0.2) is 0 Å². The summed E-state index contributed by atoms with van der Waals surface area (Å²) >= 11 is 0. The molecule has 0 aromatic rings. The molecule has 0 spiro atoms. The number of allylic oxidation sites excluding steroid dienone is 2. The summed E-state index contributed by atoms with van der Waals surface area (Å²) in [5, 5.41) is 0. The molecule has 4 nitrogen and oxygen atoms in total. The Bertz CT molecular complexity index is 444. The van der Waals surface area contributed by atoms with Crippen LogP contribution in [-0.2, 0) is 19.1 Å². The van der Waals surface area contributed by atoms with Crippen molar-refractivity contribution in [3.05, 3.63) is 12.2 Å². The number of carbonyl (C=O) groups is 2. The van der Waals surface area contributed by atoms with Crippen LogP contribution < -0.4 is 0 Å². The number of hydrogen-bond donors (Lipinski definition) is 0. The van der Waals surface area contributed by atoms with Crippen molar-refractivity contribution in [2.24, 2.45) is 0 Å². The highest BCUT2D eigenvalue weighted by molar-refractivity contribution is 5.69. The maximum absolute atomic E-state index is 11.7. The molecule has 2 unspecified atom stereocenters. The van der Waals surface area contributed by atoms with E-state index in [2.05, 4.69) is 26.0 Å². The predicted molar refractivity (Wildman–Crippen MR) is 125 cm³/mol. The van der Waals surface area contributed by atoms with Gasteiger partial charge in [-0.2, -0.15) is 0 Å². The maximum Gasteiger partial charge on any atom is 0.306 e. The summed E-state index contributed by atoms with van der Waals surface area (Å²) in [6, 6.07) is 0. The van der Waals surface area contributed by atoms with Gasteiger partial charge in [0.25, 0.3) is 0 Å². The first-order valence-corrected chi connectivity index (χ1v) is 12.5. The SMILES string of the molecule is CCCC(C)OC(=O)CC/C=C/CCCCCCCCCCC(=O)OC(C)CCC. The number of carbonyl (C=O) groups excluding carboxylic acids is 2. The third-order valence-electron chi connectivity index (χ3n) is 5.24. The van der Waals surface area contributed by atoms with E-state index >= 15 is 0 Å². The number of ether oxygens (including phenoxy) is 2. The van der Waals surface area contributed by atoms with Crippen molar-refractivity contribution in [1.82, 2.24) is 0 Å². The molecule has 2 atom stereocenters. The minimum Gasteiger partial charge on any atom is -0.463 e. The van der Waals surface area contributed by atoms with Gasteiger partial charge in [-0.3, -0.25) is 9.59 Å². The molecule has 0 bridgehead atoms. The Morgan fingerprint density at radius 1 is 0.633 bits per heavy atom. The zero-order chi connectivity index (χ0) is 22.5. The fourth-order valence-corrected chi connectivity index (χ4v) is 3.53. The van der Waals surface area contributed by atoms with Gasteiger partial charge in [-0.1, -0.05) is 77.4 Å². The number of rotatable bonds is 20. The molecule has 0 radical (unpaired) electrons. The highest BCUT2D eigenvalue weighted by atomic mass is 16.5. The second kappa shape index (κ2) is 20.9. The topological polar surface area (TPSA) is 52.6 Å². The van der Waals surface area contributed by atoms with Gasteiger partial charge in [-0.15, -0.1) is 0 Å². The van der Waals surface area contributed by atoms with Gasteiger partial charge in [-0.05, 0) is 52.4 Å². The van der Waals surface area contributed by atoms with Crippen molar-refractivity contribution >= 4 is 11.9 Å². The summed E-state index contributed by atoms with van der Waals surface area (Å²) in [6.07, 6.45) is 20.9. The van der Waals surface area contributed by atoms with E-state index < -0.39 is 0 Å². The van der Waals surface area contributed by atoms with Crippen LogP contribution in [0.4, 0.5) is 0 Å². The lowest BCUT2D eigenvalue weighted by Crippen LogP contribution is -2.14. The fraction of sp³-hybridized carbons (Fsp3) is 0.846. The van der Waals surface area contributed by atoms with E-state index in [0.717, 1.165) is 51.4 Å². The van der Waals surface area contributed by atoms with Crippen LogP contribution >= 0.6 is 0 Å². The van der Waals surface area contributed by atoms with E-state index in [0.29, 0.717) is 12.8 Å². The molecule has 0 aliphatic carbocycles. The molecule has 0 aliphatic rings. The standard InChI is InChI=1S/C26H48O4/c1-5-19-23(3)29-25(27)21-17-15-13-11-9-7-8-10-12-14-16-18-22-26(28)30-24(4)20-6-2/h13,15,23-24H,5-12,14,16-22H2,1-4H3/b15-13+. The first-order chi connectivity index (χ1) is 14.5. The monoisotopic (exact) mass is 424 g/mol. The van der Waals surface area contributed by atoms with Gasteiger partial charge >= 0.3 is 11.9 Å². The van der Waals surface area contributed by atoms with Crippen molar-refractivity contribution in [2.75, 3.05) is 0 Å². The highest BCUT2D eigenvalue weighted by Gasteiger charge is 2.08. The van der Waals surface area contributed by atoms with Gasteiger partial charge in [0, 0.05) is 12.8 Å². The maximum atomic E-state index is 11.7. The van der Waals surface area contributed by atoms with Crippen molar-refractivity contribution in [3.8, 4) is 0 Å². The third kappa shape index (κ3) is 20.0. The Morgan fingerprint density at radius 3 is 1.60 bits per heavy atom. The van der Waals surface area contributed by atoms with Gasteiger partial charge in [0.2, 0.25) is 0 Å². The van der Waals surface area contributed by atoms with Crippen LogP contribution in [0.25, 0.3) is 0 Å². The molecule has 0 rings (SSSR count). The smallest absolute Gasteiger partial charge is 0.306 e. The van der Waals surface area contributed by atoms with E-state index in [-0.39, 0.29) is 24.1 Å². The van der Waals surface area contributed by atoms with E-state index in [1.807, 2.05) is 13.8 Å². The minimum absolute atomic E-state index is 0.0352. The number of unbranched alkanes of at least 4 members (excludes halogenated alkanes) is 8. The Balaban J connectivity index is 3.37. The molecule has 0 saturated carbocycles. The average Bonchev–Trinajstić information content (AvgIpc) is 2.68. The summed E-state index contributed by atoms with van der Waals surface area (Å²) < 4.78 is 10.7. The molecular formula is C26H48O4. The lowest BCUT2D eigenvalue weighted by Gasteiger charge is -2.11. The van der Waals surface area contributed by atoms with E-state index in [4.69, 9.17) is 9.47 Å². The van der Waals surface area contributed by atoms with Crippen LogP contribution in [0.2, 0.25) is 0 Å². The van der Waals surface area contributed by atoms with Gasteiger partial charge in [0.05, 0.1) is 12.2 Å². The number of hydrogen-bond acceptors (Lipinski definition) is 4. The Kier molecular flexibility index (Phi) is 20.0. The summed E-state index contributed by atoms with van der Waals surface area (Å²) in [5.41, 5.74) is 0. The number of esters is 2. The van der Waals surface area contributed by atoms with E-state index in [9.17, 15) is 9.59 Å². The molecule has 0 aromatic heterocycles. The Hall–Kier alpha value is -1.32. The molecule has 4 heteroatoms. The molecule has 0 fully saturated rings. The average molecular weight is 425 g/mol. The summed E-state index contributed by atoms with van der Waals surface area (Å²) in [6.45, 7) is 8.15. The summed E-state index contributed by atoms with van der Waals surface area (Å²) in [5.74, 6) is -0.115.